The third-order valence-electron chi connectivity index (χ3n) is 1.77. The van der Waals surface area contributed by atoms with Gasteiger partial charge in [0.2, 0.25) is 0 Å². The maximum atomic E-state index is 3.40. The van der Waals surface area contributed by atoms with Crippen LogP contribution in [0.4, 0.5) is 0 Å². The van der Waals surface area contributed by atoms with Gasteiger partial charge in [-0.25, -0.2) is 0 Å². The summed E-state index contributed by atoms with van der Waals surface area (Å²) in [6.45, 7) is 8.69. The largest absolute Gasteiger partial charge is 0.123 e. The van der Waals surface area contributed by atoms with Crippen molar-refractivity contribution < 1.29 is 0 Å². The van der Waals surface area contributed by atoms with Crippen molar-refractivity contribution in [3.63, 3.8) is 0 Å². The van der Waals surface area contributed by atoms with Crippen molar-refractivity contribution in [2.45, 2.75) is 47.0 Å². The molecule has 0 aliphatic rings. The second-order valence-corrected chi connectivity index (χ2v) is 2.57. The maximum Gasteiger partial charge on any atom is -0.0273 e. The Bertz CT molecular complexity index is 139. The lowest BCUT2D eigenvalue weighted by molar-refractivity contribution is 0.972. The van der Waals surface area contributed by atoms with Gasteiger partial charge >= 0.3 is 0 Å². The van der Waals surface area contributed by atoms with Crippen LogP contribution in [-0.4, -0.2) is 0 Å². The maximum absolute atomic E-state index is 3.40. The van der Waals surface area contributed by atoms with Crippen LogP contribution in [0.15, 0.2) is 16.9 Å². The molecule has 0 spiro atoms. The summed E-state index contributed by atoms with van der Waals surface area (Å²) in [5.74, 6) is 0. The number of hydrogen-bond donors (Lipinski definition) is 0. The summed E-state index contributed by atoms with van der Waals surface area (Å²) in [6, 6.07) is 0. The van der Waals surface area contributed by atoms with Gasteiger partial charge in [-0.15, -0.1) is 5.73 Å². The Kier molecular flexibility index (Phi) is 5.06. The molecule has 0 aromatic rings. The fourth-order valence-electron chi connectivity index (χ4n) is 0.817. The van der Waals surface area contributed by atoms with E-state index in [1.165, 1.54) is 11.1 Å². The van der Waals surface area contributed by atoms with Crippen LogP contribution in [0.25, 0.3) is 0 Å². The smallest absolute Gasteiger partial charge is 0.0273 e. The van der Waals surface area contributed by atoms with E-state index in [0.717, 1.165) is 19.3 Å². The normalized spacial score (nSPS) is 8.80. The highest BCUT2D eigenvalue weighted by molar-refractivity contribution is 5.06. The number of allylic oxidation sites excluding steroid dienone is 1. The van der Waals surface area contributed by atoms with Gasteiger partial charge in [-0.05, 0) is 37.3 Å². The van der Waals surface area contributed by atoms with Crippen LogP contribution in [0.2, 0.25) is 0 Å². The second kappa shape index (κ2) is 5.32. The first kappa shape index (κ1) is 9.52. The lowest BCUT2D eigenvalue weighted by Crippen LogP contribution is -1.75. The minimum absolute atomic E-state index is 1.13. The molecule has 0 saturated heterocycles. The van der Waals surface area contributed by atoms with Crippen molar-refractivity contribution in [3.05, 3.63) is 16.9 Å². The molecule has 0 aromatic heterocycles. The van der Waals surface area contributed by atoms with Crippen LogP contribution in [-0.2, 0) is 0 Å². The molecular weight excluding hydrogens is 120 g/mol. The molecule has 0 nitrogen and oxygen atoms in total. The monoisotopic (exact) mass is 138 g/mol. The van der Waals surface area contributed by atoms with Crippen LogP contribution in [0, 0.1) is 0 Å². The lowest BCUT2D eigenvalue weighted by atomic mass is 10.1. The van der Waals surface area contributed by atoms with Gasteiger partial charge in [-0.2, -0.15) is 0 Å². The van der Waals surface area contributed by atoms with E-state index >= 15 is 0 Å². The van der Waals surface area contributed by atoms with Crippen molar-refractivity contribution in [1.29, 1.82) is 0 Å². The topological polar surface area (TPSA) is 0 Å². The summed E-state index contributed by atoms with van der Waals surface area (Å²) >= 11 is 0. The van der Waals surface area contributed by atoms with Crippen LogP contribution in [0.3, 0.4) is 0 Å². The molecular formula is C10H18. The Hall–Kier alpha value is -0.480. The molecule has 58 valence electrons. The molecule has 0 aliphatic carbocycles. The summed E-state index contributed by atoms with van der Waals surface area (Å²) in [5.41, 5.74) is 6.22. The standard InChI is InChI=1S/C10H18/c1-5-9(4)8-10(6-2)7-3/h5-7H2,1-4H3. The third kappa shape index (κ3) is 3.53. The van der Waals surface area contributed by atoms with E-state index in [9.17, 15) is 0 Å². The van der Waals surface area contributed by atoms with Gasteiger partial charge in [-0.1, -0.05) is 20.8 Å². The number of hydrogen-bond acceptors (Lipinski definition) is 0. The Balaban J connectivity index is 4.33. The average Bonchev–Trinajstić information content (AvgIpc) is 1.99. The SMILES string of the molecule is CCC(C)=C=C(CC)CC. The average molecular weight is 138 g/mol. The first-order chi connectivity index (χ1) is 4.74. The highest BCUT2D eigenvalue weighted by Gasteiger charge is 1.86. The van der Waals surface area contributed by atoms with E-state index in [1.54, 1.807) is 0 Å². The van der Waals surface area contributed by atoms with Crippen LogP contribution in [0.5, 0.6) is 0 Å². The van der Waals surface area contributed by atoms with Crippen LogP contribution >= 0.6 is 0 Å². The van der Waals surface area contributed by atoms with Gasteiger partial charge in [0.05, 0.1) is 0 Å². The van der Waals surface area contributed by atoms with Gasteiger partial charge in [0.15, 0.2) is 0 Å². The first-order valence-corrected chi connectivity index (χ1v) is 4.18. The Morgan fingerprint density at radius 1 is 1.00 bits per heavy atom. The molecule has 0 atom stereocenters. The zero-order valence-electron chi connectivity index (χ0n) is 7.62. The van der Waals surface area contributed by atoms with E-state index < -0.39 is 0 Å². The predicted molar refractivity (Wildman–Crippen MR) is 47.1 cm³/mol. The van der Waals surface area contributed by atoms with Crippen molar-refractivity contribution in [1.82, 2.24) is 0 Å². The Labute approximate surface area is 64.6 Å². The minimum atomic E-state index is 1.13. The fourth-order valence-corrected chi connectivity index (χ4v) is 0.817. The molecule has 0 saturated carbocycles. The van der Waals surface area contributed by atoms with E-state index in [-0.39, 0.29) is 0 Å². The molecule has 0 fully saturated rings. The van der Waals surface area contributed by atoms with E-state index in [4.69, 9.17) is 0 Å². The Morgan fingerprint density at radius 3 is 1.80 bits per heavy atom. The van der Waals surface area contributed by atoms with Crippen molar-refractivity contribution in [2.75, 3.05) is 0 Å². The molecule has 0 aliphatic heterocycles. The van der Waals surface area contributed by atoms with Crippen molar-refractivity contribution in [3.8, 4) is 0 Å². The summed E-state index contributed by atoms with van der Waals surface area (Å²) < 4.78 is 0. The molecule has 0 radical (unpaired) electrons. The number of rotatable bonds is 3. The van der Waals surface area contributed by atoms with Gasteiger partial charge in [0, 0.05) is 0 Å². The highest BCUT2D eigenvalue weighted by Crippen LogP contribution is 2.06. The zero-order valence-corrected chi connectivity index (χ0v) is 7.62. The van der Waals surface area contributed by atoms with E-state index in [0.29, 0.717) is 0 Å². The van der Waals surface area contributed by atoms with Gasteiger partial charge in [0.25, 0.3) is 0 Å². The fraction of sp³-hybridized carbons (Fsp3) is 0.700. The molecule has 0 aromatic carbocycles. The third-order valence-corrected chi connectivity index (χ3v) is 1.77. The summed E-state index contributed by atoms with van der Waals surface area (Å²) in [4.78, 5) is 0. The molecule has 0 N–H and O–H groups in total. The lowest BCUT2D eigenvalue weighted by Gasteiger charge is -1.94. The zero-order chi connectivity index (χ0) is 7.98. The predicted octanol–water partition coefficient (Wildman–Crippen LogP) is 3.69. The molecule has 0 heteroatoms. The molecule has 0 heterocycles. The van der Waals surface area contributed by atoms with Crippen molar-refractivity contribution >= 4 is 0 Å². The summed E-state index contributed by atoms with van der Waals surface area (Å²) in [7, 11) is 0. The second-order valence-electron chi connectivity index (χ2n) is 2.57. The van der Waals surface area contributed by atoms with Crippen LogP contribution < -0.4 is 0 Å². The van der Waals surface area contributed by atoms with Crippen molar-refractivity contribution in [2.24, 2.45) is 0 Å². The van der Waals surface area contributed by atoms with E-state index in [2.05, 4.69) is 33.4 Å². The highest BCUT2D eigenvalue weighted by atomic mass is 13.9. The molecule has 0 rings (SSSR count). The first-order valence-electron chi connectivity index (χ1n) is 4.18. The molecule has 0 amide bonds. The molecule has 10 heavy (non-hydrogen) atoms. The molecule has 0 bridgehead atoms. The van der Waals surface area contributed by atoms with Crippen LogP contribution in [0.1, 0.15) is 47.0 Å². The quantitative estimate of drug-likeness (QED) is 0.522. The van der Waals surface area contributed by atoms with Gasteiger partial charge < -0.3 is 0 Å². The van der Waals surface area contributed by atoms with Gasteiger partial charge in [0.1, 0.15) is 0 Å². The van der Waals surface area contributed by atoms with E-state index in [1.807, 2.05) is 0 Å². The summed E-state index contributed by atoms with van der Waals surface area (Å²) in [5, 5.41) is 0. The molecule has 0 unspecified atom stereocenters. The summed E-state index contributed by atoms with van der Waals surface area (Å²) in [6.07, 6.45) is 3.42. The Morgan fingerprint density at radius 2 is 1.50 bits per heavy atom. The minimum Gasteiger partial charge on any atom is -0.123 e. The van der Waals surface area contributed by atoms with Gasteiger partial charge in [-0.3, -0.25) is 0 Å².